The number of hydrogen-bond acceptors (Lipinski definition) is 3. The number of benzene rings is 1. The maximum absolute atomic E-state index is 13.7. The third-order valence-corrected chi connectivity index (χ3v) is 5.66. The molecule has 0 aliphatic carbocycles. The monoisotopic (exact) mass is 370 g/mol. The van der Waals surface area contributed by atoms with Crippen molar-refractivity contribution in [2.75, 3.05) is 13.1 Å². The van der Waals surface area contributed by atoms with E-state index in [0.717, 1.165) is 12.0 Å². The van der Waals surface area contributed by atoms with Gasteiger partial charge in [-0.2, -0.15) is 0 Å². The van der Waals surface area contributed by atoms with Crippen LogP contribution in [-0.4, -0.2) is 34.7 Å². The molecule has 142 valence electrons. The van der Waals surface area contributed by atoms with E-state index in [1.807, 2.05) is 17.0 Å². The summed E-state index contributed by atoms with van der Waals surface area (Å²) in [5, 5.41) is 0. The van der Waals surface area contributed by atoms with Crippen molar-refractivity contribution in [1.29, 1.82) is 0 Å². The number of likely N-dealkylation sites (tertiary alicyclic amines) is 2. The summed E-state index contributed by atoms with van der Waals surface area (Å²) in [5.41, 5.74) is 0.824. The van der Waals surface area contributed by atoms with Crippen molar-refractivity contribution in [2.45, 2.75) is 32.4 Å². The number of rotatable bonds is 4. The summed E-state index contributed by atoms with van der Waals surface area (Å²) in [6.07, 6.45) is 2.68. The third kappa shape index (κ3) is 3.48. The Kier molecular flexibility index (Phi) is 4.72. The van der Waals surface area contributed by atoms with Gasteiger partial charge < -0.3 is 14.2 Å². The van der Waals surface area contributed by atoms with Crippen LogP contribution in [0.15, 0.2) is 47.1 Å². The van der Waals surface area contributed by atoms with Crippen molar-refractivity contribution in [3.63, 3.8) is 0 Å². The smallest absolute Gasteiger partial charge is 0.228 e. The Bertz CT molecular complexity index is 836. The summed E-state index contributed by atoms with van der Waals surface area (Å²) in [7, 11) is 0. The van der Waals surface area contributed by atoms with Gasteiger partial charge in [0.2, 0.25) is 11.8 Å². The number of furan rings is 1. The minimum absolute atomic E-state index is 0.0103. The van der Waals surface area contributed by atoms with Crippen LogP contribution in [0.3, 0.4) is 0 Å². The molecule has 1 aromatic carbocycles. The summed E-state index contributed by atoms with van der Waals surface area (Å²) in [4.78, 5) is 29.1. The number of halogens is 1. The molecule has 2 aliphatic rings. The van der Waals surface area contributed by atoms with Gasteiger partial charge in [-0.3, -0.25) is 9.59 Å². The molecule has 27 heavy (non-hydrogen) atoms. The standard InChI is InChI=1S/C21H23FN2O3/c1-14-7-8-24(20(14)15-4-2-5-17(22)10-15)21(26)16-11-19(25)23(12-16)13-18-6-3-9-27-18/h2-6,9-10,14,16,20H,7-8,11-13H2,1H3. The molecule has 0 radical (unpaired) electrons. The van der Waals surface area contributed by atoms with Crippen molar-refractivity contribution in [3.8, 4) is 0 Å². The maximum Gasteiger partial charge on any atom is 0.228 e. The average Bonchev–Trinajstić information content (AvgIpc) is 3.36. The lowest BCUT2D eigenvalue weighted by Crippen LogP contribution is -2.37. The minimum Gasteiger partial charge on any atom is -0.467 e. The summed E-state index contributed by atoms with van der Waals surface area (Å²) in [6.45, 7) is 3.52. The lowest BCUT2D eigenvalue weighted by atomic mass is 9.94. The van der Waals surface area contributed by atoms with Gasteiger partial charge in [-0.1, -0.05) is 19.1 Å². The number of carbonyl (C=O) groups is 2. The molecule has 3 atom stereocenters. The van der Waals surface area contributed by atoms with Gasteiger partial charge in [0.1, 0.15) is 11.6 Å². The van der Waals surface area contributed by atoms with E-state index in [1.54, 1.807) is 23.3 Å². The van der Waals surface area contributed by atoms with Crippen LogP contribution >= 0.6 is 0 Å². The lowest BCUT2D eigenvalue weighted by Gasteiger charge is -2.29. The molecule has 6 heteroatoms. The van der Waals surface area contributed by atoms with Crippen molar-refractivity contribution in [2.24, 2.45) is 11.8 Å². The van der Waals surface area contributed by atoms with Crippen LogP contribution in [0.4, 0.5) is 4.39 Å². The Morgan fingerprint density at radius 1 is 1.30 bits per heavy atom. The summed E-state index contributed by atoms with van der Waals surface area (Å²) >= 11 is 0. The lowest BCUT2D eigenvalue weighted by molar-refractivity contribution is -0.137. The SMILES string of the molecule is CC1CCN(C(=O)C2CC(=O)N(Cc3ccco3)C2)C1c1cccc(F)c1. The largest absolute Gasteiger partial charge is 0.467 e. The fourth-order valence-corrected chi connectivity index (χ4v) is 4.31. The van der Waals surface area contributed by atoms with Gasteiger partial charge in [-0.25, -0.2) is 4.39 Å². The molecule has 2 aliphatic heterocycles. The first kappa shape index (κ1) is 17.8. The molecule has 2 aromatic rings. The molecule has 0 N–H and O–H groups in total. The maximum atomic E-state index is 13.7. The zero-order valence-electron chi connectivity index (χ0n) is 15.3. The molecule has 2 fully saturated rings. The summed E-state index contributed by atoms with van der Waals surface area (Å²) in [6, 6.07) is 9.95. The number of amides is 2. The molecule has 3 unspecified atom stereocenters. The Morgan fingerprint density at radius 2 is 2.15 bits per heavy atom. The van der Waals surface area contributed by atoms with E-state index in [-0.39, 0.29) is 41.9 Å². The zero-order valence-corrected chi connectivity index (χ0v) is 15.3. The highest BCUT2D eigenvalue weighted by Crippen LogP contribution is 2.39. The second-order valence-electron chi connectivity index (χ2n) is 7.55. The Morgan fingerprint density at radius 3 is 2.89 bits per heavy atom. The first-order valence-electron chi connectivity index (χ1n) is 9.39. The van der Waals surface area contributed by atoms with Gasteiger partial charge in [0.25, 0.3) is 0 Å². The van der Waals surface area contributed by atoms with Gasteiger partial charge in [-0.15, -0.1) is 0 Å². The Hall–Kier alpha value is -2.63. The Labute approximate surface area is 157 Å². The van der Waals surface area contributed by atoms with E-state index < -0.39 is 0 Å². The molecule has 0 saturated carbocycles. The second-order valence-corrected chi connectivity index (χ2v) is 7.55. The molecule has 5 nitrogen and oxygen atoms in total. The fraction of sp³-hybridized carbons (Fsp3) is 0.429. The van der Waals surface area contributed by atoms with Crippen molar-refractivity contribution in [1.82, 2.24) is 9.80 Å². The van der Waals surface area contributed by atoms with Gasteiger partial charge >= 0.3 is 0 Å². The molecule has 2 amide bonds. The van der Waals surface area contributed by atoms with E-state index >= 15 is 0 Å². The quantitative estimate of drug-likeness (QED) is 0.829. The van der Waals surface area contributed by atoms with Crippen LogP contribution in [0, 0.1) is 17.7 Å². The molecular formula is C21H23FN2O3. The third-order valence-electron chi connectivity index (χ3n) is 5.66. The summed E-state index contributed by atoms with van der Waals surface area (Å²) < 4.78 is 19.0. The van der Waals surface area contributed by atoms with Crippen LogP contribution in [-0.2, 0) is 16.1 Å². The molecule has 4 rings (SSSR count). The zero-order chi connectivity index (χ0) is 19.0. The molecule has 2 saturated heterocycles. The number of nitrogens with zero attached hydrogens (tertiary/aromatic N) is 2. The molecular weight excluding hydrogens is 347 g/mol. The van der Waals surface area contributed by atoms with E-state index in [9.17, 15) is 14.0 Å². The van der Waals surface area contributed by atoms with Crippen molar-refractivity contribution < 1.29 is 18.4 Å². The fourth-order valence-electron chi connectivity index (χ4n) is 4.31. The second kappa shape index (κ2) is 7.18. The number of hydrogen-bond donors (Lipinski definition) is 0. The summed E-state index contributed by atoms with van der Waals surface area (Å²) in [5.74, 6) is 0.285. The van der Waals surface area contributed by atoms with Crippen molar-refractivity contribution >= 4 is 11.8 Å². The van der Waals surface area contributed by atoms with Gasteiger partial charge in [0.05, 0.1) is 24.8 Å². The predicted octanol–water partition coefficient (Wildman–Crippen LogP) is 3.38. The highest BCUT2D eigenvalue weighted by molar-refractivity contribution is 5.89. The highest BCUT2D eigenvalue weighted by atomic mass is 19.1. The van der Waals surface area contributed by atoms with Gasteiger partial charge in [-0.05, 0) is 42.2 Å². The van der Waals surface area contributed by atoms with E-state index in [1.165, 1.54) is 12.1 Å². The van der Waals surface area contributed by atoms with Crippen LogP contribution in [0.25, 0.3) is 0 Å². The Balaban J connectivity index is 1.49. The van der Waals surface area contributed by atoms with Crippen molar-refractivity contribution in [3.05, 3.63) is 59.8 Å². The van der Waals surface area contributed by atoms with Gasteiger partial charge in [0, 0.05) is 19.5 Å². The van der Waals surface area contributed by atoms with E-state index in [0.29, 0.717) is 25.4 Å². The average molecular weight is 370 g/mol. The molecule has 0 spiro atoms. The topological polar surface area (TPSA) is 53.8 Å². The van der Waals surface area contributed by atoms with Gasteiger partial charge in [0.15, 0.2) is 0 Å². The van der Waals surface area contributed by atoms with Crippen LogP contribution in [0.5, 0.6) is 0 Å². The molecule has 3 heterocycles. The predicted molar refractivity (Wildman–Crippen MR) is 96.9 cm³/mol. The first-order valence-corrected chi connectivity index (χ1v) is 9.39. The van der Waals surface area contributed by atoms with Crippen LogP contribution in [0.2, 0.25) is 0 Å². The minimum atomic E-state index is -0.353. The number of carbonyl (C=O) groups excluding carboxylic acids is 2. The van der Waals surface area contributed by atoms with E-state index in [2.05, 4.69) is 6.92 Å². The normalized spacial score (nSPS) is 25.4. The highest BCUT2D eigenvalue weighted by Gasteiger charge is 2.42. The van der Waals surface area contributed by atoms with Crippen LogP contribution in [0.1, 0.15) is 37.1 Å². The van der Waals surface area contributed by atoms with E-state index in [4.69, 9.17) is 4.42 Å². The molecule has 1 aromatic heterocycles. The molecule has 0 bridgehead atoms. The van der Waals surface area contributed by atoms with Crippen LogP contribution < -0.4 is 0 Å². The first-order chi connectivity index (χ1) is 13.0.